The maximum Gasteiger partial charge on any atom is 0.313 e. The van der Waals surface area contributed by atoms with Gasteiger partial charge in [-0.05, 0) is 31.5 Å². The normalized spacial score (nSPS) is 11.0. The number of hydrogen-bond donors (Lipinski definition) is 2. The van der Waals surface area contributed by atoms with Crippen molar-refractivity contribution in [1.82, 2.24) is 5.32 Å². The second-order valence-corrected chi connectivity index (χ2v) is 6.50. The van der Waals surface area contributed by atoms with Crippen molar-refractivity contribution in [3.63, 3.8) is 0 Å². The third kappa shape index (κ3) is 5.35. The Kier molecular flexibility index (Phi) is 7.22. The van der Waals surface area contributed by atoms with Crippen molar-refractivity contribution in [2.75, 3.05) is 32.3 Å². The van der Waals surface area contributed by atoms with Gasteiger partial charge in [-0.15, -0.1) is 11.8 Å². The summed E-state index contributed by atoms with van der Waals surface area (Å²) >= 11 is 1.27. The van der Waals surface area contributed by atoms with Crippen LogP contribution in [0.3, 0.4) is 0 Å². The van der Waals surface area contributed by atoms with E-state index in [1.165, 1.54) is 11.8 Å². The molecule has 0 unspecified atom stereocenters. The predicted molar refractivity (Wildman–Crippen MR) is 90.5 cm³/mol. The average molecular weight is 341 g/mol. The van der Waals surface area contributed by atoms with Gasteiger partial charge >= 0.3 is 5.97 Å². The monoisotopic (exact) mass is 341 g/mol. The van der Waals surface area contributed by atoms with E-state index in [1.807, 2.05) is 19.9 Å². The van der Waals surface area contributed by atoms with Crippen LogP contribution in [0.5, 0.6) is 11.5 Å². The topological polar surface area (TPSA) is 84.9 Å². The molecule has 1 rings (SSSR count). The molecule has 0 spiro atoms. The number of hydrogen-bond acceptors (Lipinski definition) is 5. The summed E-state index contributed by atoms with van der Waals surface area (Å²) in [5.74, 6) is 0.794. The third-order valence-electron chi connectivity index (χ3n) is 3.43. The van der Waals surface area contributed by atoms with Gasteiger partial charge < -0.3 is 19.9 Å². The Morgan fingerprint density at radius 1 is 1.22 bits per heavy atom. The molecule has 0 heterocycles. The van der Waals surface area contributed by atoms with Crippen LogP contribution < -0.4 is 14.8 Å². The molecular weight excluding hydrogens is 318 g/mol. The molecule has 1 amide bonds. The number of carboxylic acids is 1. The molecule has 1 aromatic carbocycles. The first-order valence-electron chi connectivity index (χ1n) is 7.13. The van der Waals surface area contributed by atoms with E-state index < -0.39 is 11.4 Å². The Morgan fingerprint density at radius 3 is 2.43 bits per heavy atom. The molecular formula is C16H23NO5S. The van der Waals surface area contributed by atoms with Crippen molar-refractivity contribution in [3.05, 3.63) is 23.8 Å². The van der Waals surface area contributed by atoms with Crippen LogP contribution in [0.4, 0.5) is 0 Å². The molecule has 0 fully saturated rings. The molecule has 0 atom stereocenters. The maximum absolute atomic E-state index is 12.4. The van der Waals surface area contributed by atoms with Gasteiger partial charge in [0.2, 0.25) is 5.91 Å². The predicted octanol–water partition coefficient (Wildman–Crippen LogP) is 1.92. The highest BCUT2D eigenvalue weighted by molar-refractivity contribution is 7.99. The van der Waals surface area contributed by atoms with Gasteiger partial charge in [0.1, 0.15) is 0 Å². The van der Waals surface area contributed by atoms with E-state index in [-0.39, 0.29) is 11.7 Å². The molecule has 0 bridgehead atoms. The number of benzene rings is 1. The van der Waals surface area contributed by atoms with Gasteiger partial charge in [0.15, 0.2) is 11.5 Å². The Balaban J connectivity index is 2.69. The quantitative estimate of drug-likeness (QED) is 0.668. The fourth-order valence-corrected chi connectivity index (χ4v) is 2.54. The standard InChI is InChI=1S/C16H23NO5S/c1-16(2,15(20)17-7-8-23-10-14(18)19)11-5-6-12(21-3)13(9-11)22-4/h5-6,9H,7-8,10H2,1-4H3,(H,17,20)(H,18,19). The first-order chi connectivity index (χ1) is 10.8. The van der Waals surface area contributed by atoms with Crippen molar-refractivity contribution in [2.24, 2.45) is 0 Å². The van der Waals surface area contributed by atoms with Crippen molar-refractivity contribution in [3.8, 4) is 11.5 Å². The molecule has 2 N–H and O–H groups in total. The first kappa shape index (κ1) is 19.2. The summed E-state index contributed by atoms with van der Waals surface area (Å²) in [6.45, 7) is 4.08. The summed E-state index contributed by atoms with van der Waals surface area (Å²) in [5.41, 5.74) is 0.0719. The number of rotatable bonds is 9. The lowest BCUT2D eigenvalue weighted by atomic mass is 9.83. The maximum atomic E-state index is 12.4. The molecule has 0 saturated carbocycles. The minimum Gasteiger partial charge on any atom is -0.493 e. The number of carboxylic acid groups (broad SMARTS) is 1. The molecule has 0 aliphatic carbocycles. The van der Waals surface area contributed by atoms with Crippen molar-refractivity contribution in [1.29, 1.82) is 0 Å². The van der Waals surface area contributed by atoms with E-state index in [0.717, 1.165) is 5.56 Å². The lowest BCUT2D eigenvalue weighted by molar-refractivity contribution is -0.134. The lowest BCUT2D eigenvalue weighted by Crippen LogP contribution is -2.41. The molecule has 0 aromatic heterocycles. The van der Waals surface area contributed by atoms with Gasteiger partial charge in [-0.3, -0.25) is 9.59 Å². The SMILES string of the molecule is COc1ccc(C(C)(C)C(=O)NCCSCC(=O)O)cc1OC. The molecule has 0 radical (unpaired) electrons. The number of ether oxygens (including phenoxy) is 2. The molecule has 23 heavy (non-hydrogen) atoms. The minimum absolute atomic E-state index is 0.0366. The number of nitrogens with one attached hydrogen (secondary N) is 1. The number of aliphatic carboxylic acids is 1. The van der Waals surface area contributed by atoms with Crippen molar-refractivity contribution in [2.45, 2.75) is 19.3 Å². The summed E-state index contributed by atoms with van der Waals surface area (Å²) in [6.07, 6.45) is 0. The number of carbonyl (C=O) groups excluding carboxylic acids is 1. The Hall–Kier alpha value is -1.89. The average Bonchev–Trinajstić information content (AvgIpc) is 2.53. The van der Waals surface area contributed by atoms with Gasteiger partial charge in [-0.25, -0.2) is 0 Å². The van der Waals surface area contributed by atoms with E-state index in [2.05, 4.69) is 5.32 Å². The summed E-state index contributed by atoms with van der Waals surface area (Å²) in [6, 6.07) is 5.39. The fourth-order valence-electron chi connectivity index (χ4n) is 1.97. The number of thioether (sulfide) groups is 1. The highest BCUT2D eigenvalue weighted by Gasteiger charge is 2.30. The molecule has 1 aromatic rings. The Bertz CT molecular complexity index is 559. The van der Waals surface area contributed by atoms with Gasteiger partial charge in [-0.1, -0.05) is 6.07 Å². The number of methoxy groups -OCH3 is 2. The smallest absolute Gasteiger partial charge is 0.313 e. The highest BCUT2D eigenvalue weighted by atomic mass is 32.2. The second kappa shape index (κ2) is 8.67. The molecule has 0 saturated heterocycles. The number of carbonyl (C=O) groups is 2. The van der Waals surface area contributed by atoms with Crippen molar-refractivity contribution >= 4 is 23.6 Å². The Morgan fingerprint density at radius 2 is 1.87 bits per heavy atom. The van der Waals surface area contributed by atoms with E-state index >= 15 is 0 Å². The molecule has 6 nitrogen and oxygen atoms in total. The summed E-state index contributed by atoms with van der Waals surface area (Å²) in [5, 5.41) is 11.4. The first-order valence-corrected chi connectivity index (χ1v) is 8.28. The van der Waals surface area contributed by atoms with Gasteiger partial charge in [0, 0.05) is 12.3 Å². The van der Waals surface area contributed by atoms with Gasteiger partial charge in [-0.2, -0.15) is 0 Å². The highest BCUT2D eigenvalue weighted by Crippen LogP contribution is 2.33. The summed E-state index contributed by atoms with van der Waals surface area (Å²) in [4.78, 5) is 22.8. The van der Waals surface area contributed by atoms with Gasteiger partial charge in [0.05, 0.1) is 25.4 Å². The van der Waals surface area contributed by atoms with Crippen LogP contribution in [0.15, 0.2) is 18.2 Å². The van der Waals surface area contributed by atoms with E-state index in [1.54, 1.807) is 26.4 Å². The largest absolute Gasteiger partial charge is 0.493 e. The van der Waals surface area contributed by atoms with Crippen molar-refractivity contribution < 1.29 is 24.2 Å². The lowest BCUT2D eigenvalue weighted by Gasteiger charge is -2.25. The summed E-state index contributed by atoms with van der Waals surface area (Å²) in [7, 11) is 3.11. The van der Waals surface area contributed by atoms with Gasteiger partial charge in [0.25, 0.3) is 0 Å². The van der Waals surface area contributed by atoms with E-state index in [0.29, 0.717) is 23.8 Å². The zero-order valence-corrected chi connectivity index (χ0v) is 14.7. The van der Waals surface area contributed by atoms with Crippen LogP contribution in [0.1, 0.15) is 19.4 Å². The third-order valence-corrected chi connectivity index (χ3v) is 4.37. The van der Waals surface area contributed by atoms with Crippen LogP contribution in [-0.2, 0) is 15.0 Å². The van der Waals surface area contributed by atoms with Crippen LogP contribution in [0, 0.1) is 0 Å². The van der Waals surface area contributed by atoms with Crippen LogP contribution in [-0.4, -0.2) is 49.3 Å². The minimum atomic E-state index is -0.855. The Labute approximate surface area is 140 Å². The molecule has 128 valence electrons. The fraction of sp³-hybridized carbons (Fsp3) is 0.500. The molecule has 0 aliphatic heterocycles. The molecule has 7 heteroatoms. The summed E-state index contributed by atoms with van der Waals surface area (Å²) < 4.78 is 10.5. The van der Waals surface area contributed by atoms with Crippen LogP contribution in [0.25, 0.3) is 0 Å². The number of amides is 1. The van der Waals surface area contributed by atoms with Crippen LogP contribution in [0.2, 0.25) is 0 Å². The van der Waals surface area contributed by atoms with E-state index in [4.69, 9.17) is 14.6 Å². The zero-order valence-electron chi connectivity index (χ0n) is 13.8. The van der Waals surface area contributed by atoms with E-state index in [9.17, 15) is 9.59 Å². The molecule has 0 aliphatic rings. The van der Waals surface area contributed by atoms with Crippen LogP contribution >= 0.6 is 11.8 Å². The second-order valence-electron chi connectivity index (χ2n) is 5.40. The zero-order chi connectivity index (χ0) is 17.5.